The van der Waals surface area contributed by atoms with Gasteiger partial charge < -0.3 is 11.1 Å². The normalized spacial score (nSPS) is 10.6. The smallest absolute Gasteiger partial charge is 0.270 e. The maximum atomic E-state index is 12.3. The van der Waals surface area contributed by atoms with Crippen LogP contribution in [0.25, 0.3) is 15.6 Å². The number of aromatic nitrogens is 3. The van der Waals surface area contributed by atoms with Crippen LogP contribution in [0.4, 0.5) is 5.82 Å². The van der Waals surface area contributed by atoms with E-state index in [1.165, 1.54) is 11.3 Å². The minimum absolute atomic E-state index is 0.205. The number of carbonyl (C=O) groups excluding carboxylic acids is 1. The first-order valence-electron chi connectivity index (χ1n) is 9.28. The Morgan fingerprint density at radius 2 is 2.03 bits per heavy atom. The predicted octanol–water partition coefficient (Wildman–Crippen LogP) is 3.87. The van der Waals surface area contributed by atoms with Gasteiger partial charge >= 0.3 is 0 Å². The van der Waals surface area contributed by atoms with Crippen molar-refractivity contribution in [1.29, 1.82) is 5.26 Å². The molecule has 4 rings (SSSR count). The standard InChI is InChI=1S/C21H18N6OS2/c22-12-15-16(26-27(19(15)23)14-6-2-1-3-7-14)8-4-10-24-20(28)17-13-30-21(25-17)18-9-5-11-29-18/h1-3,5-7,9,11,13H,4,8,10,23H2,(H,24,28). The summed E-state index contributed by atoms with van der Waals surface area (Å²) < 4.78 is 1.58. The highest BCUT2D eigenvalue weighted by Gasteiger charge is 2.17. The number of nitrogens with zero attached hydrogens (tertiary/aromatic N) is 4. The fourth-order valence-electron chi connectivity index (χ4n) is 2.98. The monoisotopic (exact) mass is 434 g/mol. The highest BCUT2D eigenvalue weighted by molar-refractivity contribution is 7.20. The van der Waals surface area contributed by atoms with Crippen molar-refractivity contribution in [2.45, 2.75) is 12.8 Å². The summed E-state index contributed by atoms with van der Waals surface area (Å²) in [5.41, 5.74) is 8.34. The van der Waals surface area contributed by atoms with E-state index in [9.17, 15) is 10.1 Å². The van der Waals surface area contributed by atoms with Gasteiger partial charge in [-0.15, -0.1) is 22.7 Å². The van der Waals surface area contributed by atoms with E-state index in [4.69, 9.17) is 5.73 Å². The largest absolute Gasteiger partial charge is 0.382 e. The molecule has 150 valence electrons. The van der Waals surface area contributed by atoms with E-state index in [0.29, 0.717) is 42.2 Å². The van der Waals surface area contributed by atoms with Gasteiger partial charge in [0.25, 0.3) is 5.91 Å². The number of aryl methyl sites for hydroxylation is 1. The molecule has 4 aromatic rings. The third-order valence-electron chi connectivity index (χ3n) is 4.45. The predicted molar refractivity (Wildman–Crippen MR) is 119 cm³/mol. The second kappa shape index (κ2) is 8.90. The van der Waals surface area contributed by atoms with Crippen molar-refractivity contribution >= 4 is 34.4 Å². The Morgan fingerprint density at radius 3 is 2.77 bits per heavy atom. The number of thiophene rings is 1. The van der Waals surface area contributed by atoms with Crippen LogP contribution in [-0.2, 0) is 6.42 Å². The lowest BCUT2D eigenvalue weighted by Gasteiger charge is -2.03. The lowest BCUT2D eigenvalue weighted by Crippen LogP contribution is -2.25. The van der Waals surface area contributed by atoms with Gasteiger partial charge in [-0.25, -0.2) is 9.67 Å². The molecular weight excluding hydrogens is 416 g/mol. The van der Waals surface area contributed by atoms with Crippen LogP contribution in [0.2, 0.25) is 0 Å². The molecular formula is C21H18N6OS2. The number of hydrogen-bond acceptors (Lipinski definition) is 7. The molecule has 7 nitrogen and oxygen atoms in total. The van der Waals surface area contributed by atoms with Gasteiger partial charge in [0.1, 0.15) is 28.2 Å². The molecule has 0 atom stereocenters. The molecule has 0 aliphatic heterocycles. The minimum Gasteiger partial charge on any atom is -0.382 e. The fraction of sp³-hybridized carbons (Fsp3) is 0.143. The highest BCUT2D eigenvalue weighted by Crippen LogP contribution is 2.27. The van der Waals surface area contributed by atoms with Crippen LogP contribution in [0.5, 0.6) is 0 Å². The average Bonchev–Trinajstić information content (AvgIpc) is 3.51. The molecule has 1 aromatic carbocycles. The minimum atomic E-state index is -0.205. The zero-order valence-electron chi connectivity index (χ0n) is 15.9. The summed E-state index contributed by atoms with van der Waals surface area (Å²) in [5.74, 6) is 0.121. The van der Waals surface area contributed by atoms with Crippen LogP contribution in [0.3, 0.4) is 0 Å². The first kappa shape index (κ1) is 19.8. The Labute approximate surface area is 181 Å². The van der Waals surface area contributed by atoms with Gasteiger partial charge in [0.2, 0.25) is 0 Å². The van der Waals surface area contributed by atoms with Crippen molar-refractivity contribution in [3.63, 3.8) is 0 Å². The van der Waals surface area contributed by atoms with E-state index in [1.54, 1.807) is 21.4 Å². The maximum Gasteiger partial charge on any atom is 0.270 e. The summed E-state index contributed by atoms with van der Waals surface area (Å²) in [7, 11) is 0. The first-order valence-corrected chi connectivity index (χ1v) is 11.0. The van der Waals surface area contributed by atoms with Crippen molar-refractivity contribution in [3.8, 4) is 21.6 Å². The van der Waals surface area contributed by atoms with Crippen molar-refractivity contribution in [2.75, 3.05) is 12.3 Å². The Morgan fingerprint density at radius 1 is 1.20 bits per heavy atom. The van der Waals surface area contributed by atoms with Crippen LogP contribution < -0.4 is 11.1 Å². The topological polar surface area (TPSA) is 110 Å². The van der Waals surface area contributed by atoms with Crippen molar-refractivity contribution in [1.82, 2.24) is 20.1 Å². The second-order valence-electron chi connectivity index (χ2n) is 6.44. The number of carbonyl (C=O) groups is 1. The fourth-order valence-corrected chi connectivity index (χ4v) is 4.60. The number of amides is 1. The van der Waals surface area contributed by atoms with Gasteiger partial charge in [-0.05, 0) is 36.4 Å². The number of anilines is 1. The van der Waals surface area contributed by atoms with E-state index in [2.05, 4.69) is 21.5 Å². The molecule has 0 radical (unpaired) electrons. The van der Waals surface area contributed by atoms with E-state index in [-0.39, 0.29) is 5.91 Å². The number of rotatable bonds is 7. The summed E-state index contributed by atoms with van der Waals surface area (Å²) >= 11 is 3.05. The van der Waals surface area contributed by atoms with E-state index >= 15 is 0 Å². The summed E-state index contributed by atoms with van der Waals surface area (Å²) in [6.45, 7) is 0.452. The molecule has 1 amide bonds. The molecule has 0 aliphatic carbocycles. The highest BCUT2D eigenvalue weighted by atomic mass is 32.1. The number of nitrogens with two attached hydrogens (primary N) is 1. The zero-order chi connectivity index (χ0) is 20.9. The average molecular weight is 435 g/mol. The summed E-state index contributed by atoms with van der Waals surface area (Å²) in [5, 5.41) is 21.4. The Kier molecular flexibility index (Phi) is 5.88. The van der Waals surface area contributed by atoms with Crippen LogP contribution in [-0.4, -0.2) is 27.2 Å². The number of hydrogen-bond donors (Lipinski definition) is 2. The van der Waals surface area contributed by atoms with E-state index < -0.39 is 0 Å². The molecule has 0 aliphatic rings. The van der Waals surface area contributed by atoms with Crippen molar-refractivity contribution < 1.29 is 4.79 Å². The Bertz CT molecular complexity index is 1190. The molecule has 0 bridgehead atoms. The molecule has 3 heterocycles. The van der Waals surface area contributed by atoms with Crippen LogP contribution in [0, 0.1) is 11.3 Å². The van der Waals surface area contributed by atoms with Crippen molar-refractivity contribution in [3.05, 3.63) is 70.2 Å². The van der Waals surface area contributed by atoms with Crippen LogP contribution >= 0.6 is 22.7 Å². The van der Waals surface area contributed by atoms with Gasteiger partial charge in [-0.3, -0.25) is 4.79 Å². The summed E-state index contributed by atoms with van der Waals surface area (Å²) in [4.78, 5) is 17.8. The van der Waals surface area contributed by atoms with Gasteiger partial charge in [0.05, 0.1) is 16.3 Å². The van der Waals surface area contributed by atoms with Gasteiger partial charge in [0, 0.05) is 11.9 Å². The number of nitrogen functional groups attached to an aromatic ring is 1. The molecule has 3 aromatic heterocycles. The quantitative estimate of drug-likeness (QED) is 0.429. The van der Waals surface area contributed by atoms with E-state index in [0.717, 1.165) is 15.6 Å². The molecule has 0 unspecified atom stereocenters. The second-order valence-corrected chi connectivity index (χ2v) is 8.25. The number of nitriles is 1. The molecule has 0 fully saturated rings. The van der Waals surface area contributed by atoms with E-state index in [1.807, 2.05) is 47.8 Å². The molecule has 3 N–H and O–H groups in total. The molecule has 9 heteroatoms. The summed E-state index contributed by atoms with van der Waals surface area (Å²) in [6.07, 6.45) is 1.16. The lowest BCUT2D eigenvalue weighted by molar-refractivity contribution is 0.0949. The lowest BCUT2D eigenvalue weighted by atomic mass is 10.1. The van der Waals surface area contributed by atoms with Crippen LogP contribution in [0.1, 0.15) is 28.2 Å². The SMILES string of the molecule is N#Cc1c(CCCNC(=O)c2csc(-c3cccs3)n2)nn(-c2ccccc2)c1N. The first-order chi connectivity index (χ1) is 14.7. The molecule has 30 heavy (non-hydrogen) atoms. The third kappa shape index (κ3) is 4.10. The summed E-state index contributed by atoms with van der Waals surface area (Å²) in [6, 6.07) is 15.5. The maximum absolute atomic E-state index is 12.3. The van der Waals surface area contributed by atoms with Gasteiger partial charge in [-0.1, -0.05) is 24.3 Å². The number of thiazole rings is 1. The molecule has 0 saturated heterocycles. The molecule has 0 saturated carbocycles. The molecule has 0 spiro atoms. The van der Waals surface area contributed by atoms with Gasteiger partial charge in [-0.2, -0.15) is 10.4 Å². The zero-order valence-corrected chi connectivity index (χ0v) is 17.5. The Hall–Kier alpha value is -3.48. The van der Waals surface area contributed by atoms with Crippen molar-refractivity contribution in [2.24, 2.45) is 0 Å². The van der Waals surface area contributed by atoms with Crippen LogP contribution in [0.15, 0.2) is 53.2 Å². The number of benzene rings is 1. The third-order valence-corrected chi connectivity index (χ3v) is 6.33. The Balaban J connectivity index is 1.36. The van der Waals surface area contributed by atoms with Gasteiger partial charge in [0.15, 0.2) is 0 Å². The number of nitrogens with one attached hydrogen (secondary N) is 1. The number of para-hydroxylation sites is 1.